The molecule has 0 radical (unpaired) electrons. The summed E-state index contributed by atoms with van der Waals surface area (Å²) in [6, 6.07) is 5.09. The van der Waals surface area contributed by atoms with Crippen molar-refractivity contribution in [3.8, 4) is 0 Å². The van der Waals surface area contributed by atoms with Crippen LogP contribution in [0.4, 0.5) is 17.2 Å². The molecule has 2 heterocycles. The quantitative estimate of drug-likeness (QED) is 0.403. The minimum atomic E-state index is -0.265. The number of anilines is 3. The molecule has 5 N–H and O–H groups in total. The second-order valence-electron chi connectivity index (χ2n) is 8.73. The van der Waals surface area contributed by atoms with Crippen LogP contribution in [0.3, 0.4) is 0 Å². The zero-order valence-electron chi connectivity index (χ0n) is 18.9. The van der Waals surface area contributed by atoms with E-state index in [-0.39, 0.29) is 30.5 Å². The van der Waals surface area contributed by atoms with E-state index in [1.807, 2.05) is 13.8 Å². The molecule has 168 valence electrons. The molecule has 9 heteroatoms. The molecule has 0 saturated heterocycles. The van der Waals surface area contributed by atoms with Gasteiger partial charge in [0.15, 0.2) is 11.3 Å². The number of aromatic nitrogens is 4. The SMILES string of the molecule is CC(C)c1[nH]nc2c(Nc3cc(N)cc(Cl)c3)nc(=NC(CO)C(C)C)n(C(C)C)c12. The number of nitrogen functional groups attached to an aromatic ring is 1. The number of halogens is 1. The number of nitrogens with one attached hydrogen (secondary N) is 2. The first kappa shape index (κ1) is 23.1. The van der Waals surface area contributed by atoms with Crippen molar-refractivity contribution in [3.63, 3.8) is 0 Å². The molecular weight excluding hydrogens is 414 g/mol. The zero-order valence-corrected chi connectivity index (χ0v) is 19.7. The van der Waals surface area contributed by atoms with Crippen molar-refractivity contribution >= 4 is 39.8 Å². The first-order valence-electron chi connectivity index (χ1n) is 10.6. The molecule has 0 aliphatic heterocycles. The Bertz CT molecular complexity index is 1110. The summed E-state index contributed by atoms with van der Waals surface area (Å²) >= 11 is 6.19. The summed E-state index contributed by atoms with van der Waals surface area (Å²) in [5.41, 5.74) is 10.4. The Morgan fingerprint density at radius 1 is 1.19 bits per heavy atom. The van der Waals surface area contributed by atoms with Crippen LogP contribution in [0, 0.1) is 5.92 Å². The molecule has 0 amide bonds. The van der Waals surface area contributed by atoms with Crippen molar-refractivity contribution in [1.82, 2.24) is 19.7 Å². The third-order valence-electron chi connectivity index (χ3n) is 5.17. The Hall–Kier alpha value is -2.58. The lowest BCUT2D eigenvalue weighted by molar-refractivity contribution is 0.235. The maximum atomic E-state index is 9.88. The van der Waals surface area contributed by atoms with Crippen molar-refractivity contribution < 1.29 is 5.11 Å². The fourth-order valence-electron chi connectivity index (χ4n) is 3.51. The topological polar surface area (TPSA) is 117 Å². The molecule has 0 aliphatic rings. The lowest BCUT2D eigenvalue weighted by Gasteiger charge is -2.19. The second kappa shape index (κ2) is 9.28. The van der Waals surface area contributed by atoms with Gasteiger partial charge in [0.1, 0.15) is 0 Å². The Labute approximate surface area is 187 Å². The normalized spacial score (nSPS) is 13.7. The summed E-state index contributed by atoms with van der Waals surface area (Å²) < 4.78 is 2.08. The molecule has 3 rings (SSSR count). The number of rotatable bonds is 7. The maximum absolute atomic E-state index is 9.88. The van der Waals surface area contributed by atoms with Gasteiger partial charge >= 0.3 is 0 Å². The van der Waals surface area contributed by atoms with Gasteiger partial charge < -0.3 is 20.7 Å². The smallest absolute Gasteiger partial charge is 0.228 e. The molecule has 8 nitrogen and oxygen atoms in total. The highest BCUT2D eigenvalue weighted by atomic mass is 35.5. The number of aliphatic hydroxyl groups is 1. The first-order chi connectivity index (χ1) is 14.6. The van der Waals surface area contributed by atoms with E-state index < -0.39 is 0 Å². The van der Waals surface area contributed by atoms with Crippen molar-refractivity contribution in [2.45, 2.75) is 59.5 Å². The minimum Gasteiger partial charge on any atom is -0.399 e. The van der Waals surface area contributed by atoms with Crippen LogP contribution in [0.1, 0.15) is 59.2 Å². The molecule has 1 aromatic carbocycles. The third-order valence-corrected chi connectivity index (χ3v) is 5.39. The summed E-state index contributed by atoms with van der Waals surface area (Å²) in [5.74, 6) is 0.940. The fourth-order valence-corrected chi connectivity index (χ4v) is 3.75. The molecule has 0 fully saturated rings. The van der Waals surface area contributed by atoms with Crippen LogP contribution in [-0.4, -0.2) is 37.5 Å². The molecule has 1 atom stereocenters. The molecule has 0 saturated carbocycles. The molecule has 2 aromatic heterocycles. The third kappa shape index (κ3) is 4.85. The maximum Gasteiger partial charge on any atom is 0.228 e. The lowest BCUT2D eigenvalue weighted by Crippen LogP contribution is -2.32. The lowest BCUT2D eigenvalue weighted by atomic mass is 10.1. The minimum absolute atomic E-state index is 0.0501. The Morgan fingerprint density at radius 2 is 1.90 bits per heavy atom. The van der Waals surface area contributed by atoms with Gasteiger partial charge in [0, 0.05) is 22.4 Å². The number of aliphatic hydroxyl groups excluding tert-OH is 1. The van der Waals surface area contributed by atoms with E-state index >= 15 is 0 Å². The summed E-state index contributed by atoms with van der Waals surface area (Å²) in [6.45, 7) is 12.4. The van der Waals surface area contributed by atoms with Crippen LogP contribution >= 0.6 is 11.6 Å². The Balaban J connectivity index is 2.34. The van der Waals surface area contributed by atoms with Gasteiger partial charge in [0.25, 0.3) is 0 Å². The predicted octanol–water partition coefficient (Wildman–Crippen LogP) is 4.36. The number of H-pyrrole nitrogens is 1. The highest BCUT2D eigenvalue weighted by Gasteiger charge is 2.21. The number of nitrogens with two attached hydrogens (primary N) is 1. The highest BCUT2D eigenvalue weighted by molar-refractivity contribution is 6.31. The number of hydrogen-bond acceptors (Lipinski definition) is 6. The van der Waals surface area contributed by atoms with Gasteiger partial charge in [0.2, 0.25) is 5.62 Å². The van der Waals surface area contributed by atoms with E-state index in [1.165, 1.54) is 0 Å². The van der Waals surface area contributed by atoms with Gasteiger partial charge in [-0.2, -0.15) is 10.1 Å². The van der Waals surface area contributed by atoms with Crippen LogP contribution in [0.2, 0.25) is 5.02 Å². The molecule has 1 unspecified atom stereocenters. The van der Waals surface area contributed by atoms with Gasteiger partial charge in [-0.15, -0.1) is 0 Å². The van der Waals surface area contributed by atoms with E-state index in [0.717, 1.165) is 11.2 Å². The van der Waals surface area contributed by atoms with Crippen molar-refractivity contribution in [3.05, 3.63) is 34.5 Å². The Kier molecular flexibility index (Phi) is 6.91. The van der Waals surface area contributed by atoms with Crippen LogP contribution in [-0.2, 0) is 0 Å². The second-order valence-corrected chi connectivity index (χ2v) is 9.17. The molecule has 31 heavy (non-hydrogen) atoms. The van der Waals surface area contributed by atoms with E-state index in [0.29, 0.717) is 33.4 Å². The number of aromatic amines is 1. The molecule has 0 spiro atoms. The average Bonchev–Trinajstić information content (AvgIpc) is 3.10. The van der Waals surface area contributed by atoms with Gasteiger partial charge in [-0.25, -0.2) is 4.99 Å². The van der Waals surface area contributed by atoms with Gasteiger partial charge in [-0.3, -0.25) is 5.10 Å². The van der Waals surface area contributed by atoms with Crippen LogP contribution < -0.4 is 16.7 Å². The fraction of sp³-hybridized carbons (Fsp3) is 0.500. The largest absolute Gasteiger partial charge is 0.399 e. The summed E-state index contributed by atoms with van der Waals surface area (Å²) in [5, 5.41) is 21.5. The molecule has 0 bridgehead atoms. The molecular formula is C22H32ClN7O. The summed E-state index contributed by atoms with van der Waals surface area (Å²) in [4.78, 5) is 9.66. The summed E-state index contributed by atoms with van der Waals surface area (Å²) in [7, 11) is 0. The van der Waals surface area contributed by atoms with Crippen LogP contribution in [0.5, 0.6) is 0 Å². The van der Waals surface area contributed by atoms with Crippen LogP contribution in [0.15, 0.2) is 23.2 Å². The molecule has 0 aliphatic carbocycles. The standard InChI is InChI=1S/C22H32ClN7O/c1-11(2)17(10-31)26-22-27-21(25-16-8-14(23)7-15(24)9-16)19-20(30(22)13(5)6)18(12(3)4)28-29-19/h7-9,11-13,17,31H,10,24H2,1-6H3,(H,28,29)(H,25,26,27). The van der Waals surface area contributed by atoms with Gasteiger partial charge in [0.05, 0.1) is 23.9 Å². The number of benzene rings is 1. The first-order valence-corrected chi connectivity index (χ1v) is 11.0. The van der Waals surface area contributed by atoms with Crippen molar-refractivity contribution in [2.75, 3.05) is 17.7 Å². The number of fused-ring (bicyclic) bond motifs is 1. The van der Waals surface area contributed by atoms with Crippen molar-refractivity contribution in [1.29, 1.82) is 0 Å². The van der Waals surface area contributed by atoms with E-state index in [1.54, 1.807) is 18.2 Å². The number of nitrogens with zero attached hydrogens (tertiary/aromatic N) is 4. The van der Waals surface area contributed by atoms with E-state index in [2.05, 4.69) is 47.8 Å². The van der Waals surface area contributed by atoms with E-state index in [4.69, 9.17) is 27.3 Å². The zero-order chi connectivity index (χ0) is 22.9. The summed E-state index contributed by atoms with van der Waals surface area (Å²) in [6.07, 6.45) is 0. The monoisotopic (exact) mass is 445 g/mol. The Morgan fingerprint density at radius 3 is 2.45 bits per heavy atom. The van der Waals surface area contributed by atoms with Crippen LogP contribution in [0.25, 0.3) is 11.0 Å². The number of hydrogen-bond donors (Lipinski definition) is 4. The van der Waals surface area contributed by atoms with E-state index in [9.17, 15) is 5.11 Å². The predicted molar refractivity (Wildman–Crippen MR) is 127 cm³/mol. The average molecular weight is 446 g/mol. The molecule has 3 aromatic rings. The van der Waals surface area contributed by atoms with Crippen molar-refractivity contribution in [2.24, 2.45) is 10.9 Å². The van der Waals surface area contributed by atoms with Gasteiger partial charge in [-0.05, 0) is 43.9 Å². The van der Waals surface area contributed by atoms with Gasteiger partial charge in [-0.1, -0.05) is 39.3 Å². The highest BCUT2D eigenvalue weighted by Crippen LogP contribution is 2.30.